The van der Waals surface area contributed by atoms with Crippen LogP contribution in [-0.2, 0) is 6.54 Å². The topological polar surface area (TPSA) is 52.9 Å². The van der Waals surface area contributed by atoms with E-state index in [9.17, 15) is 4.79 Å². The highest BCUT2D eigenvalue weighted by Gasteiger charge is 2.06. The third-order valence-electron chi connectivity index (χ3n) is 2.92. The van der Waals surface area contributed by atoms with E-state index in [0.717, 1.165) is 10.0 Å². The second-order valence-electron chi connectivity index (χ2n) is 4.41. The van der Waals surface area contributed by atoms with Crippen LogP contribution in [0.25, 0.3) is 0 Å². The number of anilines is 1. The number of rotatable bonds is 4. The lowest BCUT2D eigenvalue weighted by atomic mass is 10.1. The van der Waals surface area contributed by atoms with E-state index in [1.165, 1.54) is 6.92 Å². The summed E-state index contributed by atoms with van der Waals surface area (Å²) in [7, 11) is 0. The summed E-state index contributed by atoms with van der Waals surface area (Å²) in [5.74, 6) is -0.0139. The monoisotopic (exact) mass is 328 g/mol. The molecule has 0 amide bonds. The van der Waals surface area contributed by atoms with Gasteiger partial charge in [0.05, 0.1) is 11.3 Å². The summed E-state index contributed by atoms with van der Waals surface area (Å²) in [5, 5.41) is 12.3. The van der Waals surface area contributed by atoms with Crippen molar-refractivity contribution in [3.05, 3.63) is 63.6 Å². The minimum absolute atomic E-state index is 0.0139. The highest BCUT2D eigenvalue weighted by atomic mass is 79.9. The molecule has 2 aromatic carbocycles. The van der Waals surface area contributed by atoms with E-state index in [1.807, 2.05) is 24.3 Å². The van der Waals surface area contributed by atoms with Crippen molar-refractivity contribution in [3.63, 3.8) is 0 Å². The molecule has 100 valence electrons. The quantitative estimate of drug-likeness (QED) is 0.858. The number of hydrogen-bond donors (Lipinski definition) is 1. The lowest BCUT2D eigenvalue weighted by Gasteiger charge is -2.10. The Hall–Kier alpha value is -2.12. The number of nitrogens with one attached hydrogen (secondary N) is 1. The van der Waals surface area contributed by atoms with Crippen LogP contribution in [0.1, 0.15) is 28.4 Å². The van der Waals surface area contributed by atoms with Crippen LogP contribution in [-0.4, -0.2) is 5.78 Å². The van der Waals surface area contributed by atoms with Crippen molar-refractivity contribution in [3.8, 4) is 6.07 Å². The van der Waals surface area contributed by atoms with Crippen molar-refractivity contribution < 1.29 is 4.79 Å². The molecule has 0 saturated carbocycles. The SMILES string of the molecule is CC(=O)c1ccc(C#N)c(NCc2cccc(Br)c2)c1. The molecule has 0 fully saturated rings. The Kier molecular flexibility index (Phi) is 4.54. The molecule has 1 N–H and O–H groups in total. The third kappa shape index (κ3) is 3.46. The predicted molar refractivity (Wildman–Crippen MR) is 82.6 cm³/mol. The van der Waals surface area contributed by atoms with Crippen LogP contribution in [0.2, 0.25) is 0 Å². The van der Waals surface area contributed by atoms with E-state index in [4.69, 9.17) is 5.26 Å². The first-order valence-corrected chi connectivity index (χ1v) is 6.93. The van der Waals surface area contributed by atoms with E-state index < -0.39 is 0 Å². The molecule has 0 aliphatic rings. The summed E-state index contributed by atoms with van der Waals surface area (Å²) in [6, 6.07) is 15.1. The van der Waals surface area contributed by atoms with E-state index in [2.05, 4.69) is 27.3 Å². The van der Waals surface area contributed by atoms with Gasteiger partial charge in [-0.25, -0.2) is 0 Å². The lowest BCUT2D eigenvalue weighted by molar-refractivity contribution is 0.101. The Balaban J connectivity index is 2.22. The third-order valence-corrected chi connectivity index (χ3v) is 3.41. The summed E-state index contributed by atoms with van der Waals surface area (Å²) in [5.41, 5.74) is 2.91. The smallest absolute Gasteiger partial charge is 0.159 e. The second kappa shape index (κ2) is 6.36. The Bertz CT molecular complexity index is 689. The molecular formula is C16H13BrN2O. The van der Waals surface area contributed by atoms with Crippen LogP contribution in [0, 0.1) is 11.3 Å². The first-order chi connectivity index (χ1) is 9.60. The first-order valence-electron chi connectivity index (χ1n) is 6.13. The van der Waals surface area contributed by atoms with Crippen LogP contribution in [0.15, 0.2) is 46.9 Å². The number of benzene rings is 2. The molecule has 0 aliphatic heterocycles. The average Bonchev–Trinajstić information content (AvgIpc) is 2.44. The van der Waals surface area contributed by atoms with Crippen LogP contribution in [0.5, 0.6) is 0 Å². The fourth-order valence-corrected chi connectivity index (χ4v) is 2.30. The van der Waals surface area contributed by atoms with Crippen LogP contribution in [0.3, 0.4) is 0 Å². The van der Waals surface area contributed by atoms with Gasteiger partial charge in [-0.3, -0.25) is 4.79 Å². The molecule has 0 bridgehead atoms. The van der Waals surface area contributed by atoms with Gasteiger partial charge < -0.3 is 5.32 Å². The average molecular weight is 329 g/mol. The molecule has 3 nitrogen and oxygen atoms in total. The van der Waals surface area contributed by atoms with Crippen molar-refractivity contribution in [1.82, 2.24) is 0 Å². The van der Waals surface area contributed by atoms with Gasteiger partial charge in [0.25, 0.3) is 0 Å². The van der Waals surface area contributed by atoms with Gasteiger partial charge in [-0.05, 0) is 42.8 Å². The van der Waals surface area contributed by atoms with E-state index >= 15 is 0 Å². The molecule has 20 heavy (non-hydrogen) atoms. The van der Waals surface area contributed by atoms with Crippen molar-refractivity contribution in [2.45, 2.75) is 13.5 Å². The van der Waals surface area contributed by atoms with Gasteiger partial charge in [0.1, 0.15) is 6.07 Å². The number of nitrogens with zero attached hydrogens (tertiary/aromatic N) is 1. The highest BCUT2D eigenvalue weighted by Crippen LogP contribution is 2.19. The summed E-state index contributed by atoms with van der Waals surface area (Å²) in [6.45, 7) is 2.11. The highest BCUT2D eigenvalue weighted by molar-refractivity contribution is 9.10. The Morgan fingerprint density at radius 1 is 1.30 bits per heavy atom. The van der Waals surface area contributed by atoms with Crippen molar-refractivity contribution in [2.75, 3.05) is 5.32 Å². The summed E-state index contributed by atoms with van der Waals surface area (Å²) in [4.78, 5) is 11.4. The lowest BCUT2D eigenvalue weighted by Crippen LogP contribution is -2.03. The van der Waals surface area contributed by atoms with Crippen LogP contribution < -0.4 is 5.32 Å². The van der Waals surface area contributed by atoms with Crippen molar-refractivity contribution >= 4 is 27.4 Å². The summed E-state index contributed by atoms with van der Waals surface area (Å²) < 4.78 is 1.01. The van der Waals surface area contributed by atoms with E-state index in [-0.39, 0.29) is 5.78 Å². The number of carbonyl (C=O) groups excluding carboxylic acids is 1. The normalized spacial score (nSPS) is 9.85. The number of nitriles is 1. The van der Waals surface area contributed by atoms with Gasteiger partial charge in [0.2, 0.25) is 0 Å². The number of ketones is 1. The van der Waals surface area contributed by atoms with Gasteiger partial charge in [-0.2, -0.15) is 5.26 Å². The molecule has 2 aromatic rings. The summed E-state index contributed by atoms with van der Waals surface area (Å²) >= 11 is 3.42. The molecule has 2 rings (SSSR count). The molecule has 0 heterocycles. The van der Waals surface area contributed by atoms with Crippen molar-refractivity contribution in [2.24, 2.45) is 0 Å². The molecule has 0 radical (unpaired) electrons. The number of Topliss-reactive ketones (excluding diaryl/α,β-unsaturated/α-hetero) is 1. The zero-order chi connectivity index (χ0) is 14.5. The molecule has 0 saturated heterocycles. The van der Waals surface area contributed by atoms with Gasteiger partial charge in [0.15, 0.2) is 5.78 Å². The fourth-order valence-electron chi connectivity index (χ4n) is 1.85. The molecular weight excluding hydrogens is 316 g/mol. The standard InChI is InChI=1S/C16H13BrN2O/c1-11(20)13-5-6-14(9-18)16(8-13)19-10-12-3-2-4-15(17)7-12/h2-8,19H,10H2,1H3. The number of carbonyl (C=O) groups is 1. The molecule has 0 unspecified atom stereocenters. The largest absolute Gasteiger partial charge is 0.380 e. The first kappa shape index (κ1) is 14.3. The maximum absolute atomic E-state index is 11.4. The number of halogens is 1. The van der Waals surface area contributed by atoms with Crippen LogP contribution >= 0.6 is 15.9 Å². The maximum Gasteiger partial charge on any atom is 0.159 e. The minimum atomic E-state index is -0.0139. The Morgan fingerprint density at radius 2 is 2.10 bits per heavy atom. The molecule has 0 aliphatic carbocycles. The molecule has 0 atom stereocenters. The van der Waals surface area contributed by atoms with E-state index in [0.29, 0.717) is 23.4 Å². The second-order valence-corrected chi connectivity index (χ2v) is 5.33. The van der Waals surface area contributed by atoms with E-state index in [1.54, 1.807) is 18.2 Å². The molecule has 0 spiro atoms. The fraction of sp³-hybridized carbons (Fsp3) is 0.125. The minimum Gasteiger partial charge on any atom is -0.380 e. The maximum atomic E-state index is 11.4. The molecule has 4 heteroatoms. The predicted octanol–water partition coefficient (Wildman–Crippen LogP) is 4.14. The Morgan fingerprint density at radius 3 is 2.75 bits per heavy atom. The zero-order valence-corrected chi connectivity index (χ0v) is 12.6. The Labute approximate surface area is 126 Å². The van der Waals surface area contributed by atoms with Crippen molar-refractivity contribution in [1.29, 1.82) is 5.26 Å². The van der Waals surface area contributed by atoms with Gasteiger partial charge in [0, 0.05) is 16.6 Å². The van der Waals surface area contributed by atoms with Gasteiger partial charge >= 0.3 is 0 Å². The summed E-state index contributed by atoms with van der Waals surface area (Å²) in [6.07, 6.45) is 0. The van der Waals surface area contributed by atoms with Crippen LogP contribution in [0.4, 0.5) is 5.69 Å². The van der Waals surface area contributed by atoms with Gasteiger partial charge in [-0.15, -0.1) is 0 Å². The molecule has 0 aromatic heterocycles. The zero-order valence-electron chi connectivity index (χ0n) is 11.0. The van der Waals surface area contributed by atoms with Gasteiger partial charge in [-0.1, -0.05) is 28.1 Å². The number of hydrogen-bond acceptors (Lipinski definition) is 3.